The summed E-state index contributed by atoms with van der Waals surface area (Å²) in [5, 5.41) is -1.20. The molecule has 0 saturated carbocycles. The number of ketones is 1. The quantitative estimate of drug-likeness (QED) is 0.279. The number of carbonyl (C=O) groups is 3. The Morgan fingerprint density at radius 1 is 0.944 bits per heavy atom. The Morgan fingerprint density at radius 3 is 2.00 bits per heavy atom. The summed E-state index contributed by atoms with van der Waals surface area (Å²) in [6.07, 6.45) is 3.69. The van der Waals surface area contributed by atoms with Crippen LogP contribution in [0.1, 0.15) is 38.5 Å². The van der Waals surface area contributed by atoms with Crippen LogP contribution in [0, 0.1) is 0 Å². The molecule has 0 N–H and O–H groups in total. The van der Waals surface area contributed by atoms with Gasteiger partial charge in [-0.3, -0.25) is 9.59 Å². The van der Waals surface area contributed by atoms with Gasteiger partial charge < -0.3 is 9.47 Å². The van der Waals surface area contributed by atoms with Crippen LogP contribution in [0.2, 0.25) is 0 Å². The van der Waals surface area contributed by atoms with Crippen molar-refractivity contribution in [3.05, 3.63) is 0 Å². The Bertz CT molecular complexity index is 290. The Balaban J connectivity index is 3.57. The molecular formula is C12H19ClO5. The number of carbonyl (C=O) groups excluding carboxylic acids is 3. The number of halogens is 1. The molecule has 0 aliphatic rings. The Hall–Kier alpha value is -1.10. The van der Waals surface area contributed by atoms with Crippen LogP contribution >= 0.6 is 11.6 Å². The second-order valence-corrected chi connectivity index (χ2v) is 4.28. The summed E-state index contributed by atoms with van der Waals surface area (Å²) in [6.45, 7) is 0. The number of alkyl halides is 1. The fraction of sp³-hybridized carbons (Fsp3) is 0.750. The van der Waals surface area contributed by atoms with E-state index in [-0.39, 0.29) is 18.2 Å². The monoisotopic (exact) mass is 278 g/mol. The van der Waals surface area contributed by atoms with E-state index in [1.165, 1.54) is 14.2 Å². The van der Waals surface area contributed by atoms with Crippen molar-refractivity contribution in [1.82, 2.24) is 0 Å². The molecule has 6 heteroatoms. The number of unbranched alkanes of at least 4 members (excludes halogenated alkanes) is 3. The van der Waals surface area contributed by atoms with Crippen molar-refractivity contribution in [3.8, 4) is 0 Å². The average molecular weight is 279 g/mol. The van der Waals surface area contributed by atoms with Crippen LogP contribution in [0.15, 0.2) is 0 Å². The first-order valence-electron chi connectivity index (χ1n) is 5.84. The molecule has 5 nitrogen and oxygen atoms in total. The van der Waals surface area contributed by atoms with Crippen molar-refractivity contribution in [3.63, 3.8) is 0 Å². The van der Waals surface area contributed by atoms with Crippen LogP contribution < -0.4 is 0 Å². The van der Waals surface area contributed by atoms with E-state index < -0.39 is 11.3 Å². The van der Waals surface area contributed by atoms with Gasteiger partial charge in [0.05, 0.1) is 14.2 Å². The third-order valence-electron chi connectivity index (χ3n) is 2.47. The molecule has 18 heavy (non-hydrogen) atoms. The molecule has 0 amide bonds. The molecule has 0 fully saturated rings. The summed E-state index contributed by atoms with van der Waals surface area (Å²) in [7, 11) is 2.55. The highest BCUT2D eigenvalue weighted by Gasteiger charge is 2.23. The predicted octanol–water partition coefficient (Wildman–Crippen LogP) is 1.85. The van der Waals surface area contributed by atoms with Gasteiger partial charge in [0.15, 0.2) is 11.2 Å². The Morgan fingerprint density at radius 2 is 1.50 bits per heavy atom. The summed E-state index contributed by atoms with van der Waals surface area (Å²) in [4.78, 5) is 33.2. The summed E-state index contributed by atoms with van der Waals surface area (Å²) in [5.41, 5.74) is 0. The van der Waals surface area contributed by atoms with Crippen molar-refractivity contribution in [2.24, 2.45) is 0 Å². The minimum absolute atomic E-state index is 0.224. The first-order valence-corrected chi connectivity index (χ1v) is 6.28. The van der Waals surface area contributed by atoms with E-state index in [1.807, 2.05) is 0 Å². The zero-order chi connectivity index (χ0) is 14.0. The minimum Gasteiger partial charge on any atom is -0.469 e. The standard InChI is InChI=1S/C12H19ClO5/c1-17-10(15)8-6-4-3-5-7-9(14)11(13)12(16)18-2/h11H,3-8H2,1-2H3. The minimum atomic E-state index is -1.20. The number of methoxy groups -OCH3 is 2. The lowest BCUT2D eigenvalue weighted by Crippen LogP contribution is -2.25. The lowest BCUT2D eigenvalue weighted by molar-refractivity contribution is -0.143. The van der Waals surface area contributed by atoms with Gasteiger partial charge in [-0.15, -0.1) is 11.6 Å². The highest BCUT2D eigenvalue weighted by atomic mass is 35.5. The molecule has 0 aliphatic carbocycles. The maximum absolute atomic E-state index is 11.4. The van der Waals surface area contributed by atoms with Crippen LogP contribution in [0.5, 0.6) is 0 Å². The molecule has 0 radical (unpaired) electrons. The maximum atomic E-state index is 11.4. The summed E-state index contributed by atoms with van der Waals surface area (Å²) >= 11 is 5.60. The number of rotatable bonds is 9. The van der Waals surface area contributed by atoms with Gasteiger partial charge >= 0.3 is 11.9 Å². The van der Waals surface area contributed by atoms with Gasteiger partial charge in [-0.05, 0) is 12.8 Å². The molecule has 0 spiro atoms. The SMILES string of the molecule is COC(=O)CCCCCCC(=O)C(Cl)C(=O)OC. The molecule has 0 aromatic carbocycles. The van der Waals surface area contributed by atoms with E-state index in [2.05, 4.69) is 9.47 Å². The van der Waals surface area contributed by atoms with Gasteiger partial charge in [0, 0.05) is 12.8 Å². The number of Topliss-reactive ketones (excluding diaryl/α,β-unsaturated/α-hetero) is 1. The smallest absolute Gasteiger partial charge is 0.331 e. The van der Waals surface area contributed by atoms with Gasteiger partial charge in [0.2, 0.25) is 0 Å². The van der Waals surface area contributed by atoms with Gasteiger partial charge in [0.1, 0.15) is 0 Å². The lowest BCUT2D eigenvalue weighted by atomic mass is 10.1. The molecule has 1 atom stereocenters. The van der Waals surface area contributed by atoms with Crippen LogP contribution in [0.25, 0.3) is 0 Å². The van der Waals surface area contributed by atoms with E-state index in [4.69, 9.17) is 11.6 Å². The van der Waals surface area contributed by atoms with Gasteiger partial charge in [-0.25, -0.2) is 4.79 Å². The molecule has 0 aromatic rings. The van der Waals surface area contributed by atoms with E-state index in [0.717, 1.165) is 19.3 Å². The number of ether oxygens (including phenoxy) is 2. The zero-order valence-corrected chi connectivity index (χ0v) is 11.5. The lowest BCUT2D eigenvalue weighted by Gasteiger charge is -2.06. The van der Waals surface area contributed by atoms with Gasteiger partial charge in [0.25, 0.3) is 0 Å². The van der Waals surface area contributed by atoms with Crippen molar-refractivity contribution >= 4 is 29.3 Å². The molecule has 0 bridgehead atoms. The molecule has 0 saturated heterocycles. The van der Waals surface area contributed by atoms with Gasteiger partial charge in [-0.2, -0.15) is 0 Å². The molecule has 1 unspecified atom stereocenters. The highest BCUT2D eigenvalue weighted by Crippen LogP contribution is 2.10. The number of hydrogen-bond donors (Lipinski definition) is 0. The molecule has 0 aromatic heterocycles. The Kier molecular flexibility index (Phi) is 9.28. The number of esters is 2. The van der Waals surface area contributed by atoms with Crippen molar-refractivity contribution in [2.45, 2.75) is 43.9 Å². The van der Waals surface area contributed by atoms with Crippen molar-refractivity contribution in [1.29, 1.82) is 0 Å². The largest absolute Gasteiger partial charge is 0.469 e. The molecular weight excluding hydrogens is 260 g/mol. The predicted molar refractivity (Wildman–Crippen MR) is 66.4 cm³/mol. The van der Waals surface area contributed by atoms with Crippen molar-refractivity contribution in [2.75, 3.05) is 14.2 Å². The van der Waals surface area contributed by atoms with Crippen LogP contribution in [0.3, 0.4) is 0 Å². The third-order valence-corrected chi connectivity index (χ3v) is 2.89. The fourth-order valence-electron chi connectivity index (χ4n) is 1.39. The summed E-state index contributed by atoms with van der Waals surface area (Å²) < 4.78 is 8.88. The maximum Gasteiger partial charge on any atom is 0.331 e. The van der Waals surface area contributed by atoms with Crippen LogP contribution in [-0.2, 0) is 23.9 Å². The van der Waals surface area contributed by atoms with Gasteiger partial charge in [-0.1, -0.05) is 12.8 Å². The van der Waals surface area contributed by atoms with Crippen molar-refractivity contribution < 1.29 is 23.9 Å². The molecule has 0 aliphatic heterocycles. The zero-order valence-electron chi connectivity index (χ0n) is 10.7. The molecule has 104 valence electrons. The van der Waals surface area contributed by atoms with E-state index in [9.17, 15) is 14.4 Å². The second-order valence-electron chi connectivity index (χ2n) is 3.84. The van der Waals surface area contributed by atoms with E-state index in [1.54, 1.807) is 0 Å². The van der Waals surface area contributed by atoms with E-state index >= 15 is 0 Å². The topological polar surface area (TPSA) is 69.7 Å². The first-order chi connectivity index (χ1) is 8.52. The molecule has 0 rings (SSSR count). The van der Waals surface area contributed by atoms with Crippen LogP contribution in [0.4, 0.5) is 0 Å². The highest BCUT2D eigenvalue weighted by molar-refractivity contribution is 6.41. The summed E-state index contributed by atoms with van der Waals surface area (Å²) in [5.74, 6) is -1.26. The average Bonchev–Trinajstić information content (AvgIpc) is 2.39. The second kappa shape index (κ2) is 9.88. The van der Waals surface area contributed by atoms with E-state index in [0.29, 0.717) is 12.8 Å². The first kappa shape index (κ1) is 16.9. The van der Waals surface area contributed by atoms with Crippen LogP contribution in [-0.4, -0.2) is 37.3 Å². The fourth-order valence-corrected chi connectivity index (χ4v) is 1.58. The summed E-state index contributed by atoms with van der Waals surface area (Å²) in [6, 6.07) is 0. The normalized spacial score (nSPS) is 11.7. The third kappa shape index (κ3) is 7.27. The number of hydrogen-bond acceptors (Lipinski definition) is 5. The Labute approximate surface area is 112 Å². The molecule has 0 heterocycles.